The third-order valence-corrected chi connectivity index (χ3v) is 5.38. The van der Waals surface area contributed by atoms with Crippen LogP contribution in [0, 0.1) is 3.57 Å². The SMILES string of the molecule is Nc1ccc(-c2ccsc2)cc1NC(=O)c1cn(-c2ccc(I)cc2)nn1. The second-order valence-electron chi connectivity index (χ2n) is 5.79. The van der Waals surface area contributed by atoms with Crippen LogP contribution >= 0.6 is 33.9 Å². The zero-order valence-electron chi connectivity index (χ0n) is 14.0. The normalized spacial score (nSPS) is 10.7. The van der Waals surface area contributed by atoms with Crippen LogP contribution in [0.25, 0.3) is 16.8 Å². The maximum Gasteiger partial charge on any atom is 0.277 e. The Morgan fingerprint density at radius 3 is 2.67 bits per heavy atom. The number of rotatable bonds is 4. The van der Waals surface area contributed by atoms with Crippen molar-refractivity contribution in [1.82, 2.24) is 15.0 Å². The molecule has 134 valence electrons. The van der Waals surface area contributed by atoms with E-state index in [1.807, 2.05) is 53.2 Å². The Morgan fingerprint density at radius 2 is 1.93 bits per heavy atom. The highest BCUT2D eigenvalue weighted by Crippen LogP contribution is 2.28. The van der Waals surface area contributed by atoms with Gasteiger partial charge in [-0.05, 0) is 86.9 Å². The predicted molar refractivity (Wildman–Crippen MR) is 116 cm³/mol. The molecule has 0 unspecified atom stereocenters. The quantitative estimate of drug-likeness (QED) is 0.330. The lowest BCUT2D eigenvalue weighted by Gasteiger charge is -2.09. The number of nitrogens with zero attached hydrogens (tertiary/aromatic N) is 3. The van der Waals surface area contributed by atoms with Gasteiger partial charge < -0.3 is 11.1 Å². The molecule has 0 aliphatic carbocycles. The van der Waals surface area contributed by atoms with Gasteiger partial charge in [-0.15, -0.1) is 5.10 Å². The van der Waals surface area contributed by atoms with Crippen LogP contribution in [0.2, 0.25) is 0 Å². The molecule has 2 heterocycles. The van der Waals surface area contributed by atoms with Crippen LogP contribution in [0.15, 0.2) is 65.5 Å². The van der Waals surface area contributed by atoms with Gasteiger partial charge in [0.1, 0.15) is 0 Å². The molecule has 0 bridgehead atoms. The molecule has 4 rings (SSSR count). The summed E-state index contributed by atoms with van der Waals surface area (Å²) in [4.78, 5) is 12.6. The number of amides is 1. The smallest absolute Gasteiger partial charge is 0.277 e. The Morgan fingerprint density at radius 1 is 1.11 bits per heavy atom. The van der Waals surface area contributed by atoms with Crippen molar-refractivity contribution in [2.24, 2.45) is 0 Å². The van der Waals surface area contributed by atoms with Crippen LogP contribution in [0.1, 0.15) is 10.5 Å². The van der Waals surface area contributed by atoms with E-state index in [9.17, 15) is 4.79 Å². The first-order chi connectivity index (χ1) is 13.1. The molecule has 4 aromatic rings. The second-order valence-corrected chi connectivity index (χ2v) is 7.82. The van der Waals surface area contributed by atoms with Gasteiger partial charge in [0.25, 0.3) is 5.91 Å². The molecular formula is C19H14IN5OS. The summed E-state index contributed by atoms with van der Waals surface area (Å²) in [5, 5.41) is 14.9. The molecule has 0 radical (unpaired) electrons. The number of carbonyl (C=O) groups is 1. The zero-order valence-corrected chi connectivity index (χ0v) is 16.9. The standard InChI is InChI=1S/C19H14IN5OS/c20-14-2-4-15(5-3-14)25-10-18(23-24-25)19(26)22-17-9-12(1-6-16(17)21)13-7-8-27-11-13/h1-11H,21H2,(H,22,26). The third kappa shape index (κ3) is 3.86. The van der Waals surface area contributed by atoms with Crippen molar-refractivity contribution in [3.05, 3.63) is 74.8 Å². The largest absolute Gasteiger partial charge is 0.397 e. The molecule has 3 N–H and O–H groups in total. The van der Waals surface area contributed by atoms with Gasteiger partial charge in [-0.25, -0.2) is 4.68 Å². The lowest BCUT2D eigenvalue weighted by atomic mass is 10.1. The van der Waals surface area contributed by atoms with Crippen molar-refractivity contribution in [3.8, 4) is 16.8 Å². The first-order valence-electron chi connectivity index (χ1n) is 8.02. The van der Waals surface area contributed by atoms with Crippen LogP contribution in [0.4, 0.5) is 11.4 Å². The van der Waals surface area contributed by atoms with Crippen molar-refractivity contribution < 1.29 is 4.79 Å². The minimum atomic E-state index is -0.360. The van der Waals surface area contributed by atoms with Gasteiger partial charge in [0.2, 0.25) is 0 Å². The molecule has 8 heteroatoms. The fraction of sp³-hybridized carbons (Fsp3) is 0. The van der Waals surface area contributed by atoms with E-state index in [1.54, 1.807) is 28.3 Å². The molecule has 1 amide bonds. The van der Waals surface area contributed by atoms with Gasteiger partial charge in [0.05, 0.1) is 23.3 Å². The number of nitrogen functional groups attached to an aromatic ring is 1. The summed E-state index contributed by atoms with van der Waals surface area (Å²) in [7, 11) is 0. The van der Waals surface area contributed by atoms with Crippen LogP contribution in [0.5, 0.6) is 0 Å². The lowest BCUT2D eigenvalue weighted by molar-refractivity contribution is 0.102. The minimum absolute atomic E-state index is 0.217. The van der Waals surface area contributed by atoms with Gasteiger partial charge in [-0.2, -0.15) is 11.3 Å². The first-order valence-corrected chi connectivity index (χ1v) is 10.0. The number of nitrogens with two attached hydrogens (primary N) is 1. The summed E-state index contributed by atoms with van der Waals surface area (Å²) in [6.07, 6.45) is 1.59. The summed E-state index contributed by atoms with van der Waals surface area (Å²) in [5.74, 6) is -0.360. The van der Waals surface area contributed by atoms with E-state index in [0.29, 0.717) is 11.4 Å². The van der Waals surface area contributed by atoms with Crippen LogP contribution in [-0.4, -0.2) is 20.9 Å². The Hall–Kier alpha value is -2.72. The zero-order chi connectivity index (χ0) is 18.8. The van der Waals surface area contributed by atoms with Crippen LogP contribution in [-0.2, 0) is 0 Å². The van der Waals surface area contributed by atoms with Crippen molar-refractivity contribution in [2.45, 2.75) is 0 Å². The van der Waals surface area contributed by atoms with Gasteiger partial charge in [0.15, 0.2) is 5.69 Å². The number of hydrogen-bond donors (Lipinski definition) is 2. The van der Waals surface area contributed by atoms with E-state index in [0.717, 1.165) is 20.4 Å². The molecule has 2 aromatic heterocycles. The first kappa shape index (κ1) is 17.7. The summed E-state index contributed by atoms with van der Waals surface area (Å²) in [5.41, 5.74) is 10.2. The maximum absolute atomic E-state index is 12.6. The average Bonchev–Trinajstić information content (AvgIpc) is 3.36. The number of hydrogen-bond acceptors (Lipinski definition) is 5. The molecule has 0 saturated heterocycles. The molecule has 0 spiro atoms. The Bertz CT molecular complexity index is 1090. The number of benzene rings is 2. The van der Waals surface area contributed by atoms with Gasteiger partial charge in [-0.1, -0.05) is 11.3 Å². The van der Waals surface area contributed by atoms with E-state index in [1.165, 1.54) is 0 Å². The average molecular weight is 487 g/mol. The number of thiophene rings is 1. The second kappa shape index (κ2) is 7.49. The fourth-order valence-corrected chi connectivity index (χ4v) is 3.57. The molecule has 0 aliphatic heterocycles. The number of anilines is 2. The maximum atomic E-state index is 12.6. The van der Waals surface area contributed by atoms with E-state index >= 15 is 0 Å². The monoisotopic (exact) mass is 487 g/mol. The van der Waals surface area contributed by atoms with Crippen molar-refractivity contribution >= 4 is 51.2 Å². The van der Waals surface area contributed by atoms with Crippen molar-refractivity contribution in [1.29, 1.82) is 0 Å². The summed E-state index contributed by atoms with van der Waals surface area (Å²) in [6, 6.07) is 15.4. The highest BCUT2D eigenvalue weighted by Gasteiger charge is 2.14. The van der Waals surface area contributed by atoms with Crippen molar-refractivity contribution in [3.63, 3.8) is 0 Å². The predicted octanol–water partition coefficient (Wildman–Crippen LogP) is 4.43. The molecule has 0 atom stereocenters. The van der Waals surface area contributed by atoms with Crippen LogP contribution in [0.3, 0.4) is 0 Å². The third-order valence-electron chi connectivity index (χ3n) is 3.97. The van der Waals surface area contributed by atoms with E-state index in [-0.39, 0.29) is 11.6 Å². The Labute approximate surface area is 173 Å². The van der Waals surface area contributed by atoms with E-state index < -0.39 is 0 Å². The molecule has 2 aromatic carbocycles. The van der Waals surface area contributed by atoms with Gasteiger partial charge in [0, 0.05) is 3.57 Å². The van der Waals surface area contributed by atoms with E-state index in [2.05, 4.69) is 38.2 Å². The number of aromatic nitrogens is 3. The fourth-order valence-electron chi connectivity index (χ4n) is 2.55. The van der Waals surface area contributed by atoms with Gasteiger partial charge >= 0.3 is 0 Å². The minimum Gasteiger partial charge on any atom is -0.397 e. The number of nitrogens with one attached hydrogen (secondary N) is 1. The number of carbonyl (C=O) groups excluding carboxylic acids is 1. The molecule has 0 aliphatic rings. The van der Waals surface area contributed by atoms with Gasteiger partial charge in [-0.3, -0.25) is 4.79 Å². The van der Waals surface area contributed by atoms with Crippen LogP contribution < -0.4 is 11.1 Å². The topological polar surface area (TPSA) is 85.8 Å². The summed E-state index contributed by atoms with van der Waals surface area (Å²) < 4.78 is 2.69. The highest BCUT2D eigenvalue weighted by molar-refractivity contribution is 14.1. The van der Waals surface area contributed by atoms with E-state index in [4.69, 9.17) is 5.73 Å². The summed E-state index contributed by atoms with van der Waals surface area (Å²) in [6.45, 7) is 0. The molecule has 0 saturated carbocycles. The Kier molecular flexibility index (Phi) is 4.90. The summed E-state index contributed by atoms with van der Waals surface area (Å²) >= 11 is 3.85. The molecule has 6 nitrogen and oxygen atoms in total. The lowest BCUT2D eigenvalue weighted by Crippen LogP contribution is -2.13. The number of halogens is 1. The highest BCUT2D eigenvalue weighted by atomic mass is 127. The molecule has 0 fully saturated rings. The Balaban J connectivity index is 1.56. The van der Waals surface area contributed by atoms with Crippen molar-refractivity contribution in [2.75, 3.05) is 11.1 Å². The molecular weight excluding hydrogens is 473 g/mol. The molecule has 27 heavy (non-hydrogen) atoms.